The largest absolute Gasteiger partial charge is 0.365 e. The molecule has 0 radical (unpaired) electrons. The summed E-state index contributed by atoms with van der Waals surface area (Å²) in [6.07, 6.45) is 2.07. The van der Waals surface area contributed by atoms with Crippen molar-refractivity contribution in [3.05, 3.63) is 40.1 Å². The molecule has 2 aromatic rings. The number of likely N-dealkylation sites (N-methyl/N-ethyl adjacent to an activating group) is 1. The highest BCUT2D eigenvalue weighted by Gasteiger charge is 2.23. The number of aryl methyl sites for hydroxylation is 1. The van der Waals surface area contributed by atoms with Crippen molar-refractivity contribution >= 4 is 17.2 Å². The van der Waals surface area contributed by atoms with E-state index in [2.05, 4.69) is 38.2 Å². The van der Waals surface area contributed by atoms with Crippen molar-refractivity contribution in [1.29, 1.82) is 0 Å². The van der Waals surface area contributed by atoms with Crippen LogP contribution in [0.3, 0.4) is 0 Å². The van der Waals surface area contributed by atoms with Gasteiger partial charge in [0.15, 0.2) is 0 Å². The molecular formula is C17H24N4O2S. The van der Waals surface area contributed by atoms with E-state index in [1.807, 2.05) is 6.92 Å². The molecule has 0 unspecified atom stereocenters. The summed E-state index contributed by atoms with van der Waals surface area (Å²) in [5.74, 6) is -0.00549. The number of fused-ring (bicyclic) bond motifs is 1. The lowest BCUT2D eigenvalue weighted by Crippen LogP contribution is -2.36. The van der Waals surface area contributed by atoms with Crippen molar-refractivity contribution < 1.29 is 9.53 Å². The second kappa shape index (κ2) is 7.46. The Kier molecular flexibility index (Phi) is 5.33. The van der Waals surface area contributed by atoms with E-state index < -0.39 is 0 Å². The van der Waals surface area contributed by atoms with E-state index in [0.717, 1.165) is 36.9 Å². The van der Waals surface area contributed by atoms with Crippen molar-refractivity contribution in [2.45, 2.75) is 32.7 Å². The second-order valence-electron chi connectivity index (χ2n) is 6.43. The third-order valence-electron chi connectivity index (χ3n) is 4.14. The predicted molar refractivity (Wildman–Crippen MR) is 93.8 cm³/mol. The first-order valence-corrected chi connectivity index (χ1v) is 8.98. The number of aromatic nitrogens is 2. The molecule has 1 atom stereocenters. The zero-order valence-corrected chi connectivity index (χ0v) is 15.3. The molecule has 0 spiro atoms. The number of hydrogen-bond acceptors (Lipinski definition) is 5. The predicted octanol–water partition coefficient (Wildman–Crippen LogP) is 1.74. The number of carbonyl (C=O) groups is 1. The zero-order chi connectivity index (χ0) is 17.1. The Morgan fingerprint density at radius 3 is 3.00 bits per heavy atom. The molecule has 0 saturated heterocycles. The van der Waals surface area contributed by atoms with Gasteiger partial charge in [0.2, 0.25) is 5.91 Å². The van der Waals surface area contributed by atoms with E-state index in [4.69, 9.17) is 4.74 Å². The van der Waals surface area contributed by atoms with Gasteiger partial charge >= 0.3 is 0 Å². The van der Waals surface area contributed by atoms with E-state index in [9.17, 15) is 4.79 Å². The topological polar surface area (TPSA) is 50.6 Å². The fourth-order valence-corrected chi connectivity index (χ4v) is 3.65. The van der Waals surface area contributed by atoms with Crippen LogP contribution in [-0.4, -0.2) is 58.6 Å². The van der Waals surface area contributed by atoms with Crippen LogP contribution in [0.5, 0.6) is 0 Å². The fraction of sp³-hybridized carbons (Fsp3) is 0.529. The third-order valence-corrected chi connectivity index (χ3v) is 5.09. The normalized spacial score (nSPS) is 18.2. The Morgan fingerprint density at radius 2 is 2.29 bits per heavy atom. The monoisotopic (exact) mass is 348 g/mol. The van der Waals surface area contributed by atoms with Gasteiger partial charge in [0.25, 0.3) is 0 Å². The van der Waals surface area contributed by atoms with Gasteiger partial charge in [0, 0.05) is 56.7 Å². The van der Waals surface area contributed by atoms with E-state index in [1.165, 1.54) is 5.69 Å². The number of ether oxygens (including phenoxy) is 1. The van der Waals surface area contributed by atoms with Crippen LogP contribution in [0.2, 0.25) is 0 Å². The van der Waals surface area contributed by atoms with Crippen LogP contribution in [0.25, 0.3) is 0 Å². The highest BCUT2D eigenvalue weighted by Crippen LogP contribution is 2.19. The van der Waals surface area contributed by atoms with Gasteiger partial charge in [-0.2, -0.15) is 0 Å². The maximum Gasteiger partial charge on any atom is 0.248 e. The molecule has 0 fully saturated rings. The number of rotatable bonds is 5. The minimum absolute atomic E-state index is 0.00549. The van der Waals surface area contributed by atoms with Crippen molar-refractivity contribution in [2.75, 3.05) is 27.2 Å². The van der Waals surface area contributed by atoms with Crippen molar-refractivity contribution in [2.24, 2.45) is 0 Å². The fourth-order valence-electron chi connectivity index (χ4n) is 2.84. The van der Waals surface area contributed by atoms with Crippen LogP contribution in [0.4, 0.5) is 0 Å². The SMILES string of the molecule is Cc1csc(CN2Cc3cccn3C[C@H](OCC(=O)N(C)C)C2)n1. The van der Waals surface area contributed by atoms with Crippen LogP contribution in [-0.2, 0) is 29.2 Å². The summed E-state index contributed by atoms with van der Waals surface area (Å²) in [6, 6.07) is 4.21. The molecule has 24 heavy (non-hydrogen) atoms. The van der Waals surface area contributed by atoms with Gasteiger partial charge in [0.05, 0.1) is 12.6 Å². The van der Waals surface area contributed by atoms with E-state index >= 15 is 0 Å². The maximum atomic E-state index is 11.8. The highest BCUT2D eigenvalue weighted by molar-refractivity contribution is 7.09. The van der Waals surface area contributed by atoms with Crippen LogP contribution in [0, 0.1) is 6.92 Å². The van der Waals surface area contributed by atoms with Crippen LogP contribution in [0.1, 0.15) is 16.4 Å². The van der Waals surface area contributed by atoms with Crippen molar-refractivity contribution in [1.82, 2.24) is 19.4 Å². The highest BCUT2D eigenvalue weighted by atomic mass is 32.1. The molecule has 3 heterocycles. The van der Waals surface area contributed by atoms with E-state index in [-0.39, 0.29) is 18.6 Å². The molecule has 6 nitrogen and oxygen atoms in total. The van der Waals surface area contributed by atoms with E-state index in [0.29, 0.717) is 0 Å². The molecule has 1 amide bonds. The van der Waals surface area contributed by atoms with E-state index in [1.54, 1.807) is 30.3 Å². The van der Waals surface area contributed by atoms with Gasteiger partial charge in [-0.3, -0.25) is 9.69 Å². The van der Waals surface area contributed by atoms with Crippen molar-refractivity contribution in [3.63, 3.8) is 0 Å². The van der Waals surface area contributed by atoms with Gasteiger partial charge < -0.3 is 14.2 Å². The minimum Gasteiger partial charge on any atom is -0.365 e. The van der Waals surface area contributed by atoms with Gasteiger partial charge in [-0.15, -0.1) is 11.3 Å². The lowest BCUT2D eigenvalue weighted by Gasteiger charge is -2.23. The molecule has 130 valence electrons. The maximum absolute atomic E-state index is 11.8. The van der Waals surface area contributed by atoms with Gasteiger partial charge in [-0.1, -0.05) is 0 Å². The quantitative estimate of drug-likeness (QED) is 0.826. The number of carbonyl (C=O) groups excluding carboxylic acids is 1. The van der Waals surface area contributed by atoms with Gasteiger partial charge in [0.1, 0.15) is 11.6 Å². The molecule has 0 N–H and O–H groups in total. The molecule has 0 saturated carbocycles. The second-order valence-corrected chi connectivity index (χ2v) is 7.37. The Balaban J connectivity index is 1.69. The first kappa shape index (κ1) is 17.1. The first-order valence-electron chi connectivity index (χ1n) is 8.10. The summed E-state index contributed by atoms with van der Waals surface area (Å²) >= 11 is 1.70. The summed E-state index contributed by atoms with van der Waals surface area (Å²) in [7, 11) is 3.50. The Bertz CT molecular complexity index is 694. The van der Waals surface area contributed by atoms with Crippen molar-refractivity contribution in [3.8, 4) is 0 Å². The van der Waals surface area contributed by atoms with Crippen LogP contribution < -0.4 is 0 Å². The molecule has 0 aromatic carbocycles. The molecule has 3 rings (SSSR count). The number of amides is 1. The minimum atomic E-state index is -0.0105. The number of nitrogens with zero attached hydrogens (tertiary/aromatic N) is 4. The van der Waals surface area contributed by atoms with Gasteiger partial charge in [-0.05, 0) is 19.1 Å². The summed E-state index contributed by atoms with van der Waals surface area (Å²) in [6.45, 7) is 5.39. The van der Waals surface area contributed by atoms with Crippen LogP contribution >= 0.6 is 11.3 Å². The van der Waals surface area contributed by atoms with Gasteiger partial charge in [-0.25, -0.2) is 4.98 Å². The Hall–Kier alpha value is -1.70. The summed E-state index contributed by atoms with van der Waals surface area (Å²) < 4.78 is 8.13. The summed E-state index contributed by atoms with van der Waals surface area (Å²) in [4.78, 5) is 20.3. The molecule has 0 bridgehead atoms. The molecule has 1 aliphatic heterocycles. The molecule has 7 heteroatoms. The molecular weight excluding hydrogens is 324 g/mol. The third kappa shape index (κ3) is 4.23. The average molecular weight is 348 g/mol. The molecule has 2 aromatic heterocycles. The Morgan fingerprint density at radius 1 is 1.46 bits per heavy atom. The number of hydrogen-bond donors (Lipinski definition) is 0. The average Bonchev–Trinajstić information content (AvgIpc) is 3.10. The zero-order valence-electron chi connectivity index (χ0n) is 14.4. The smallest absolute Gasteiger partial charge is 0.248 e. The first-order chi connectivity index (χ1) is 11.5. The standard InChI is InChI=1S/C17H24N4O2S/c1-13-12-24-16(18-13)10-20-7-14-5-4-6-21(14)9-15(8-20)23-11-17(22)19(2)3/h4-6,12,15H,7-11H2,1-3H3/t15-/m1/s1. The molecule has 0 aliphatic carbocycles. The summed E-state index contributed by atoms with van der Waals surface area (Å²) in [5, 5.41) is 3.20. The lowest BCUT2D eigenvalue weighted by molar-refractivity contribution is -0.136. The Labute approximate surface area is 146 Å². The lowest BCUT2D eigenvalue weighted by atomic mass is 10.3. The summed E-state index contributed by atoms with van der Waals surface area (Å²) in [5.41, 5.74) is 2.34. The molecule has 1 aliphatic rings. The number of thiazole rings is 1. The van der Waals surface area contributed by atoms with Crippen LogP contribution in [0.15, 0.2) is 23.7 Å².